The van der Waals surface area contributed by atoms with Gasteiger partial charge in [-0.15, -0.1) is 5.10 Å². The Morgan fingerprint density at radius 2 is 1.82 bits per heavy atom. The van der Waals surface area contributed by atoms with Gasteiger partial charge in [0.05, 0.1) is 17.8 Å². The van der Waals surface area contributed by atoms with Crippen LogP contribution >= 0.6 is 0 Å². The molecule has 1 aromatic heterocycles. The molecule has 2 saturated heterocycles. The molecule has 0 radical (unpaired) electrons. The van der Waals surface area contributed by atoms with Gasteiger partial charge in [-0.1, -0.05) is 38.1 Å². The summed E-state index contributed by atoms with van der Waals surface area (Å²) in [6, 6.07) is 6.98. The molecule has 1 amide bonds. The first kappa shape index (κ1) is 38.4. The maximum Gasteiger partial charge on any atom is 0.410 e. The zero-order valence-electron chi connectivity index (χ0n) is 30.9. The Bertz CT molecular complexity index is 1460. The van der Waals surface area contributed by atoms with Crippen molar-refractivity contribution >= 4 is 31.4 Å². The van der Waals surface area contributed by atoms with Crippen LogP contribution in [0.5, 0.6) is 0 Å². The molecule has 4 rings (SSSR count). The van der Waals surface area contributed by atoms with Crippen molar-refractivity contribution in [2.24, 2.45) is 17.8 Å². The number of rotatable bonds is 9. The maximum absolute atomic E-state index is 13.6. The van der Waals surface area contributed by atoms with E-state index in [2.05, 4.69) is 29.5 Å². The summed E-state index contributed by atoms with van der Waals surface area (Å²) in [4.78, 5) is 42.5. The molecule has 0 spiro atoms. The van der Waals surface area contributed by atoms with E-state index in [1.807, 2.05) is 70.7 Å². The molecular weight excluding hydrogens is 623 g/mol. The number of carbonyl (C=O) groups excluding carboxylic acids is 3. The topological polar surface area (TPSA) is 151 Å². The lowest BCUT2D eigenvalue weighted by molar-refractivity contribution is -0.170. The zero-order valence-corrected chi connectivity index (χ0v) is 30.9. The average Bonchev–Trinajstić information content (AvgIpc) is 3.65. The number of Topliss-reactive ketones (excluding diaryl/α,β-unsaturated/α-hetero) is 1. The highest BCUT2D eigenvalue weighted by Crippen LogP contribution is 2.40. The van der Waals surface area contributed by atoms with Gasteiger partial charge in [0.25, 0.3) is 0 Å². The highest BCUT2D eigenvalue weighted by Gasteiger charge is 2.58. The van der Waals surface area contributed by atoms with E-state index < -0.39 is 47.2 Å². The summed E-state index contributed by atoms with van der Waals surface area (Å²) >= 11 is 0. The number of unbranched alkanes of at least 4 members (excludes halogenated alkanes) is 2. The van der Waals surface area contributed by atoms with E-state index in [0.717, 1.165) is 30.5 Å². The predicted octanol–water partition coefficient (Wildman–Crippen LogP) is 4.28. The smallest absolute Gasteiger partial charge is 0.410 e. The molecule has 0 saturated carbocycles. The largest absolute Gasteiger partial charge is 0.458 e. The van der Waals surface area contributed by atoms with Crippen molar-refractivity contribution in [3.05, 3.63) is 30.5 Å². The standard InChI is InChI=1S/C36H57BN6O6/c1-9-29-36(7)32(25(5)39-20-22(2)19-35(6,47-8)31(37)23(3)30(44)24(4)33(45)48-29)43(34(46)49-36)17-12-10-11-16-42-21-28(40-41-42)26-14-13-15-27(38)18-26/h13-15,18,21-25,29,31-32,39H,9-12,16-17,19-20,37-38H2,1-8H3/t22-,23+,24-,25-,29-,31-,32-,35-,36-/m1/s1. The molecule has 3 N–H and O–H groups in total. The fraction of sp³-hybridized carbons (Fsp3) is 0.694. The third-order valence-corrected chi connectivity index (χ3v) is 11.2. The monoisotopic (exact) mass is 680 g/mol. The van der Waals surface area contributed by atoms with Crippen LogP contribution in [-0.2, 0) is 30.3 Å². The first-order chi connectivity index (χ1) is 23.1. The number of nitrogen functional groups attached to an aromatic ring is 1. The molecule has 2 aliphatic rings. The van der Waals surface area contributed by atoms with Crippen molar-refractivity contribution in [1.29, 1.82) is 0 Å². The quantitative estimate of drug-likeness (QED) is 0.129. The van der Waals surface area contributed by atoms with E-state index in [1.54, 1.807) is 18.9 Å². The number of nitrogens with one attached hydrogen (secondary N) is 1. The van der Waals surface area contributed by atoms with Crippen molar-refractivity contribution in [1.82, 2.24) is 25.2 Å². The number of cyclic esters (lactones) is 1. The van der Waals surface area contributed by atoms with Crippen LogP contribution in [-0.4, -0.2) is 95.2 Å². The van der Waals surface area contributed by atoms with E-state index in [0.29, 0.717) is 38.2 Å². The molecule has 1 aromatic carbocycles. The van der Waals surface area contributed by atoms with Crippen molar-refractivity contribution in [2.75, 3.05) is 25.9 Å². The summed E-state index contributed by atoms with van der Waals surface area (Å²) in [6.45, 7) is 15.4. The molecule has 2 fully saturated rings. The van der Waals surface area contributed by atoms with Gasteiger partial charge in [0.2, 0.25) is 0 Å². The minimum Gasteiger partial charge on any atom is -0.458 e. The number of esters is 1. The lowest BCUT2D eigenvalue weighted by Gasteiger charge is -2.41. The summed E-state index contributed by atoms with van der Waals surface area (Å²) in [7, 11) is 3.70. The fourth-order valence-electron chi connectivity index (χ4n) is 7.81. The van der Waals surface area contributed by atoms with Crippen molar-refractivity contribution in [3.8, 4) is 11.3 Å². The van der Waals surface area contributed by atoms with Crippen LogP contribution in [0.25, 0.3) is 11.3 Å². The van der Waals surface area contributed by atoms with Crippen molar-refractivity contribution in [3.63, 3.8) is 0 Å². The number of nitrogens with zero attached hydrogens (tertiary/aromatic N) is 4. The van der Waals surface area contributed by atoms with Gasteiger partial charge in [-0.3, -0.25) is 19.2 Å². The van der Waals surface area contributed by atoms with Crippen LogP contribution in [0.3, 0.4) is 0 Å². The van der Waals surface area contributed by atoms with Gasteiger partial charge >= 0.3 is 12.1 Å². The highest BCUT2D eigenvalue weighted by atomic mass is 16.6. The summed E-state index contributed by atoms with van der Waals surface area (Å²) in [5.74, 6) is -2.09. The van der Waals surface area contributed by atoms with Gasteiger partial charge in [-0.2, -0.15) is 0 Å². The third kappa shape index (κ3) is 8.48. The molecule has 3 heterocycles. The summed E-state index contributed by atoms with van der Waals surface area (Å²) in [5, 5.41) is 12.3. The number of benzene rings is 1. The first-order valence-electron chi connectivity index (χ1n) is 17.9. The van der Waals surface area contributed by atoms with Gasteiger partial charge in [-0.25, -0.2) is 4.79 Å². The molecule has 12 nitrogen and oxygen atoms in total. The molecule has 270 valence electrons. The number of fused-ring (bicyclic) bond motifs is 1. The molecule has 2 aromatic rings. The van der Waals surface area contributed by atoms with Crippen molar-refractivity contribution in [2.45, 2.75) is 122 Å². The molecule has 2 aliphatic heterocycles. The lowest BCUT2D eigenvalue weighted by atomic mass is 9.62. The van der Waals surface area contributed by atoms with Gasteiger partial charge in [0.15, 0.2) is 5.60 Å². The highest BCUT2D eigenvalue weighted by molar-refractivity contribution is 6.15. The molecular formula is C36H57BN6O6. The molecule has 9 atom stereocenters. The van der Waals surface area contributed by atoms with Crippen LogP contribution in [0, 0.1) is 17.8 Å². The number of carbonyl (C=O) groups is 3. The molecule has 0 bridgehead atoms. The van der Waals surface area contributed by atoms with E-state index in [-0.39, 0.29) is 23.6 Å². The number of aromatic nitrogens is 3. The third-order valence-electron chi connectivity index (χ3n) is 11.2. The Morgan fingerprint density at radius 3 is 2.49 bits per heavy atom. The maximum atomic E-state index is 13.6. The average molecular weight is 681 g/mol. The van der Waals surface area contributed by atoms with Crippen LogP contribution < -0.4 is 11.1 Å². The number of hydrogen-bond donors (Lipinski definition) is 2. The SMILES string of the molecule is B[C@@H]1[C@@H](C)C(=O)[C@@H](C)C(=O)O[C@H](CC)[C@@]2(C)OC(=O)N(CCCCCn3cc(-c4cccc(N)c4)nn3)[C@@H]2[C@@H](C)NC[C@H](C)C[C@@]1(C)OC. The summed E-state index contributed by atoms with van der Waals surface area (Å²) in [6.07, 6.45) is 4.36. The number of anilines is 1. The lowest BCUT2D eigenvalue weighted by Crippen LogP contribution is -2.60. The second kappa shape index (κ2) is 16.1. The number of hydrogen-bond acceptors (Lipinski definition) is 10. The Labute approximate surface area is 292 Å². The van der Waals surface area contributed by atoms with Crippen LogP contribution in [0.2, 0.25) is 5.82 Å². The number of methoxy groups -OCH3 is 1. The van der Waals surface area contributed by atoms with E-state index in [1.165, 1.54) is 0 Å². The Morgan fingerprint density at radius 1 is 1.10 bits per heavy atom. The van der Waals surface area contributed by atoms with Gasteiger partial charge in [0.1, 0.15) is 31.3 Å². The van der Waals surface area contributed by atoms with Gasteiger partial charge in [-0.05, 0) is 90.2 Å². The number of nitrogens with two attached hydrogens (primary N) is 1. The Balaban J connectivity index is 1.49. The van der Waals surface area contributed by atoms with Crippen LogP contribution in [0.15, 0.2) is 30.5 Å². The van der Waals surface area contributed by atoms with E-state index in [4.69, 9.17) is 19.9 Å². The van der Waals surface area contributed by atoms with E-state index >= 15 is 0 Å². The van der Waals surface area contributed by atoms with Crippen molar-refractivity contribution < 1.29 is 28.6 Å². The van der Waals surface area contributed by atoms with Gasteiger partial charge < -0.3 is 25.3 Å². The number of ether oxygens (including phenoxy) is 3. The molecule has 13 heteroatoms. The second-order valence-electron chi connectivity index (χ2n) is 14.8. The minimum absolute atomic E-state index is 0.129. The fourth-order valence-corrected chi connectivity index (χ4v) is 7.81. The number of amides is 1. The predicted molar refractivity (Wildman–Crippen MR) is 192 cm³/mol. The first-order valence-corrected chi connectivity index (χ1v) is 17.9. The molecule has 0 aliphatic carbocycles. The van der Waals surface area contributed by atoms with E-state index in [9.17, 15) is 14.4 Å². The number of aryl methyl sites for hydroxylation is 1. The zero-order chi connectivity index (χ0) is 36.1. The number of ketones is 1. The van der Waals surface area contributed by atoms with Crippen LogP contribution in [0.1, 0.15) is 80.6 Å². The Kier molecular flexibility index (Phi) is 12.6. The molecule has 0 unspecified atom stereocenters. The molecule has 49 heavy (non-hydrogen) atoms. The normalized spacial score (nSPS) is 33.3. The second-order valence-corrected chi connectivity index (χ2v) is 14.8. The van der Waals surface area contributed by atoms with Gasteiger partial charge in [0, 0.05) is 43.4 Å². The van der Waals surface area contributed by atoms with Crippen LogP contribution in [0.4, 0.5) is 10.5 Å². The minimum atomic E-state index is -1.13. The summed E-state index contributed by atoms with van der Waals surface area (Å²) in [5.41, 5.74) is 6.59. The Hall–Kier alpha value is -3.45. The summed E-state index contributed by atoms with van der Waals surface area (Å²) < 4.78 is 20.1.